The number of hydrogen-bond donors (Lipinski definition) is 3. The summed E-state index contributed by atoms with van der Waals surface area (Å²) < 4.78 is 0. The summed E-state index contributed by atoms with van der Waals surface area (Å²) in [6.45, 7) is 9.25. The van der Waals surface area contributed by atoms with Crippen LogP contribution in [0.25, 0.3) is 0 Å². The molecule has 4 nitrogen and oxygen atoms in total. The van der Waals surface area contributed by atoms with E-state index >= 15 is 0 Å². The first-order chi connectivity index (χ1) is 13.6. The number of aliphatic carboxylic acids is 1. The van der Waals surface area contributed by atoms with Crippen molar-refractivity contribution in [2.45, 2.75) is 97.7 Å². The molecule has 0 spiro atoms. The van der Waals surface area contributed by atoms with Gasteiger partial charge in [-0.2, -0.15) is 0 Å². The molecule has 4 aliphatic carbocycles. The number of fused-ring (bicyclic) bond motifs is 5. The van der Waals surface area contributed by atoms with E-state index in [1.54, 1.807) is 0 Å². The van der Waals surface area contributed by atoms with Gasteiger partial charge in [0.2, 0.25) is 0 Å². The second-order valence-electron chi connectivity index (χ2n) is 11.7. The van der Waals surface area contributed by atoms with Crippen LogP contribution in [-0.2, 0) is 4.79 Å². The second kappa shape index (κ2) is 7.51. The van der Waals surface area contributed by atoms with Crippen LogP contribution in [0.5, 0.6) is 0 Å². The molecule has 166 valence electrons. The first-order valence-electron chi connectivity index (χ1n) is 12.2. The monoisotopic (exact) mass is 406 g/mol. The van der Waals surface area contributed by atoms with E-state index in [9.17, 15) is 20.1 Å². The second-order valence-corrected chi connectivity index (χ2v) is 11.7. The van der Waals surface area contributed by atoms with Gasteiger partial charge in [-0.05, 0) is 91.3 Å². The largest absolute Gasteiger partial charge is 0.481 e. The summed E-state index contributed by atoms with van der Waals surface area (Å²) in [7, 11) is 0. The molecule has 11 atom stereocenters. The lowest BCUT2D eigenvalue weighted by Gasteiger charge is -2.64. The molecule has 4 saturated carbocycles. The van der Waals surface area contributed by atoms with E-state index < -0.39 is 12.1 Å². The van der Waals surface area contributed by atoms with Gasteiger partial charge in [-0.3, -0.25) is 4.79 Å². The molecule has 0 aromatic heterocycles. The maximum Gasteiger partial charge on any atom is 0.306 e. The summed E-state index contributed by atoms with van der Waals surface area (Å²) >= 11 is 0. The summed E-state index contributed by atoms with van der Waals surface area (Å²) in [5.74, 6) is 0.986. The topological polar surface area (TPSA) is 77.8 Å². The van der Waals surface area contributed by atoms with E-state index in [0.717, 1.165) is 38.5 Å². The molecule has 4 rings (SSSR count). The highest BCUT2D eigenvalue weighted by Gasteiger charge is 2.66. The van der Waals surface area contributed by atoms with E-state index in [0.29, 0.717) is 17.8 Å². The number of carbonyl (C=O) groups is 1. The Hall–Kier alpha value is -0.610. The van der Waals surface area contributed by atoms with Crippen LogP contribution in [0.2, 0.25) is 0 Å². The Bertz CT molecular complexity index is 634. The van der Waals surface area contributed by atoms with E-state index in [2.05, 4.69) is 27.7 Å². The summed E-state index contributed by atoms with van der Waals surface area (Å²) in [4.78, 5) is 12.6. The molecular formula is C25H42O4. The van der Waals surface area contributed by atoms with Gasteiger partial charge in [0.1, 0.15) is 0 Å². The van der Waals surface area contributed by atoms with Gasteiger partial charge in [0.05, 0.1) is 18.1 Å². The molecule has 0 saturated heterocycles. The van der Waals surface area contributed by atoms with Crippen molar-refractivity contribution in [1.82, 2.24) is 0 Å². The van der Waals surface area contributed by atoms with Crippen LogP contribution in [0.1, 0.15) is 85.5 Å². The van der Waals surface area contributed by atoms with Crippen molar-refractivity contribution in [3.05, 3.63) is 0 Å². The van der Waals surface area contributed by atoms with Crippen LogP contribution < -0.4 is 0 Å². The highest BCUT2D eigenvalue weighted by Crippen LogP contribution is 2.69. The number of hydrogen-bond acceptors (Lipinski definition) is 3. The first-order valence-corrected chi connectivity index (χ1v) is 12.2. The number of rotatable bonds is 4. The Morgan fingerprint density at radius 3 is 2.48 bits per heavy atom. The first kappa shape index (κ1) is 21.6. The zero-order valence-electron chi connectivity index (χ0n) is 18.8. The van der Waals surface area contributed by atoms with Crippen LogP contribution in [0.4, 0.5) is 0 Å². The van der Waals surface area contributed by atoms with Crippen molar-refractivity contribution in [2.24, 2.45) is 52.3 Å². The van der Waals surface area contributed by atoms with Gasteiger partial charge in [0.15, 0.2) is 0 Å². The SMILES string of the molecule is CCC[C@@H](C)[C@H]1CC[C@H]2[C@@H]3[C@@H](O)CC4C[C@@H](O)CC[C@]4(C)[C@H]3C(C(=O)O)C[C@]12C. The minimum absolute atomic E-state index is 0.0250. The average Bonchev–Trinajstić information content (AvgIpc) is 2.99. The van der Waals surface area contributed by atoms with Crippen molar-refractivity contribution >= 4 is 5.97 Å². The molecule has 2 unspecified atom stereocenters. The fraction of sp³-hybridized carbons (Fsp3) is 0.960. The Morgan fingerprint density at radius 2 is 1.83 bits per heavy atom. The minimum atomic E-state index is -0.659. The lowest BCUT2D eigenvalue weighted by atomic mass is 9.41. The predicted octanol–water partition coefficient (Wildman–Crippen LogP) is 4.72. The minimum Gasteiger partial charge on any atom is -0.481 e. The predicted molar refractivity (Wildman–Crippen MR) is 113 cm³/mol. The third-order valence-corrected chi connectivity index (χ3v) is 10.4. The summed E-state index contributed by atoms with van der Waals surface area (Å²) in [6.07, 6.45) is 7.90. The van der Waals surface area contributed by atoms with E-state index in [1.165, 1.54) is 19.3 Å². The van der Waals surface area contributed by atoms with Gasteiger partial charge in [-0.1, -0.05) is 40.5 Å². The van der Waals surface area contributed by atoms with E-state index in [-0.39, 0.29) is 40.6 Å². The highest BCUT2D eigenvalue weighted by molar-refractivity contribution is 5.71. The van der Waals surface area contributed by atoms with Gasteiger partial charge >= 0.3 is 5.97 Å². The number of carboxylic acids is 1. The van der Waals surface area contributed by atoms with Gasteiger partial charge in [-0.25, -0.2) is 0 Å². The third kappa shape index (κ3) is 3.19. The Kier molecular flexibility index (Phi) is 5.60. The van der Waals surface area contributed by atoms with Crippen molar-refractivity contribution in [3.8, 4) is 0 Å². The third-order valence-electron chi connectivity index (χ3n) is 10.4. The number of aliphatic hydroxyl groups excluding tert-OH is 2. The molecule has 0 radical (unpaired) electrons. The molecule has 0 amide bonds. The standard InChI is InChI=1S/C25H42O4/c1-5-6-14(2)18-7-8-19-21-20(27)12-15-11-16(26)9-10-24(15,3)22(21)17(23(28)29)13-25(18,19)4/h14-22,26-27H,5-13H2,1-4H3,(H,28,29)/t14-,15?,16+,17?,18-,19+,20+,21-,22+,24+,25-/m1/s1. The molecule has 0 heterocycles. The maximum atomic E-state index is 12.6. The van der Waals surface area contributed by atoms with E-state index in [4.69, 9.17) is 0 Å². The molecule has 4 fully saturated rings. The molecule has 3 N–H and O–H groups in total. The number of carboxylic acid groups (broad SMARTS) is 1. The molecule has 4 aliphatic rings. The van der Waals surface area contributed by atoms with Crippen molar-refractivity contribution in [2.75, 3.05) is 0 Å². The Labute approximate surface area is 176 Å². The molecule has 0 bridgehead atoms. The fourth-order valence-electron chi connectivity index (χ4n) is 9.24. The highest BCUT2D eigenvalue weighted by atomic mass is 16.4. The lowest BCUT2D eigenvalue weighted by molar-refractivity contribution is -0.204. The molecule has 4 heteroatoms. The van der Waals surface area contributed by atoms with Crippen molar-refractivity contribution < 1.29 is 20.1 Å². The zero-order valence-corrected chi connectivity index (χ0v) is 18.8. The van der Waals surface area contributed by atoms with Crippen LogP contribution in [0, 0.1) is 52.3 Å². The molecular weight excluding hydrogens is 364 g/mol. The fourth-order valence-corrected chi connectivity index (χ4v) is 9.24. The summed E-state index contributed by atoms with van der Waals surface area (Å²) in [5.41, 5.74) is -0.0438. The van der Waals surface area contributed by atoms with Crippen LogP contribution >= 0.6 is 0 Å². The maximum absolute atomic E-state index is 12.6. The average molecular weight is 407 g/mol. The van der Waals surface area contributed by atoms with Crippen molar-refractivity contribution in [1.29, 1.82) is 0 Å². The quantitative estimate of drug-likeness (QED) is 0.631. The molecule has 0 aromatic rings. The smallest absolute Gasteiger partial charge is 0.306 e. The zero-order chi connectivity index (χ0) is 21.1. The summed E-state index contributed by atoms with van der Waals surface area (Å²) in [5, 5.41) is 32.0. The summed E-state index contributed by atoms with van der Waals surface area (Å²) in [6, 6.07) is 0. The van der Waals surface area contributed by atoms with Gasteiger partial charge in [0, 0.05) is 0 Å². The normalized spacial score (nSPS) is 52.9. The van der Waals surface area contributed by atoms with E-state index in [1.807, 2.05) is 0 Å². The van der Waals surface area contributed by atoms with Crippen LogP contribution in [-0.4, -0.2) is 33.5 Å². The van der Waals surface area contributed by atoms with Crippen LogP contribution in [0.3, 0.4) is 0 Å². The van der Waals surface area contributed by atoms with Gasteiger partial charge in [-0.15, -0.1) is 0 Å². The van der Waals surface area contributed by atoms with Crippen LogP contribution in [0.15, 0.2) is 0 Å². The Balaban J connectivity index is 1.73. The lowest BCUT2D eigenvalue weighted by Crippen LogP contribution is -2.62. The molecule has 29 heavy (non-hydrogen) atoms. The van der Waals surface area contributed by atoms with Gasteiger partial charge in [0.25, 0.3) is 0 Å². The van der Waals surface area contributed by atoms with Crippen molar-refractivity contribution in [3.63, 3.8) is 0 Å². The molecule has 0 aliphatic heterocycles. The Morgan fingerprint density at radius 1 is 1.10 bits per heavy atom. The molecule has 0 aromatic carbocycles. The number of aliphatic hydroxyl groups is 2. The van der Waals surface area contributed by atoms with Gasteiger partial charge < -0.3 is 15.3 Å².